The molecule has 0 aromatic carbocycles. The fourth-order valence-corrected chi connectivity index (χ4v) is 1.82. The number of hydrogen-bond donors (Lipinski definition) is 1. The maximum absolute atomic E-state index is 10.8. The van der Waals surface area contributed by atoms with Crippen LogP contribution in [-0.4, -0.2) is 29.7 Å². The minimum absolute atomic E-state index is 0.0845. The first-order valence-electron chi connectivity index (χ1n) is 3.16. The molecule has 1 heterocycles. The van der Waals surface area contributed by atoms with Gasteiger partial charge in [-0.3, -0.25) is 9.59 Å². The fraction of sp³-hybridized carbons (Fsp3) is 0.667. The number of carbonyl (C=O) groups is 2. The first kappa shape index (κ1) is 7.75. The van der Waals surface area contributed by atoms with Gasteiger partial charge in [0.1, 0.15) is 0 Å². The Balaban J connectivity index is 2.38. The Kier molecular flexibility index (Phi) is 2.89. The van der Waals surface area contributed by atoms with Crippen molar-refractivity contribution in [1.29, 1.82) is 0 Å². The summed E-state index contributed by atoms with van der Waals surface area (Å²) in [5.41, 5.74) is 0. The maximum Gasteiger partial charge on any atom is 0.208 e. The summed E-state index contributed by atoms with van der Waals surface area (Å²) < 4.78 is 0. The molecule has 1 N–H and O–H groups in total. The zero-order valence-corrected chi connectivity index (χ0v) is 6.32. The lowest BCUT2D eigenvalue weighted by Crippen LogP contribution is -2.31. The average Bonchev–Trinajstić information content (AvgIpc) is 2.05. The van der Waals surface area contributed by atoms with Crippen LogP contribution in [0.5, 0.6) is 0 Å². The Morgan fingerprint density at radius 1 is 1.70 bits per heavy atom. The molecule has 1 aliphatic heterocycles. The van der Waals surface area contributed by atoms with Crippen LogP contribution in [0.3, 0.4) is 0 Å². The molecule has 56 valence electrons. The molecule has 1 unspecified atom stereocenters. The molecule has 1 fully saturated rings. The van der Waals surface area contributed by atoms with Crippen molar-refractivity contribution in [3.05, 3.63) is 0 Å². The molecule has 0 saturated carbocycles. The molecule has 0 amide bonds. The summed E-state index contributed by atoms with van der Waals surface area (Å²) in [7, 11) is 0. The minimum Gasteiger partial charge on any atom is -0.308 e. The molecule has 1 aliphatic rings. The Hall–Kier alpha value is -0.350. The Labute approximate surface area is 63.6 Å². The van der Waals surface area contributed by atoms with Crippen molar-refractivity contribution in [3.8, 4) is 0 Å². The molecule has 1 atom stereocenters. The molecule has 0 aromatic heterocycles. The van der Waals surface area contributed by atoms with Crippen molar-refractivity contribution < 1.29 is 9.59 Å². The highest BCUT2D eigenvalue weighted by Gasteiger charge is 2.20. The van der Waals surface area contributed by atoms with Crippen molar-refractivity contribution in [2.24, 2.45) is 0 Å². The number of Topliss-reactive ketones (excluding diaryl/α,β-unsaturated/α-hetero) is 1. The second-order valence-corrected chi connectivity index (χ2v) is 3.30. The fourth-order valence-electron chi connectivity index (χ4n) is 0.848. The number of carbonyl (C=O) groups excluding carboxylic acids is 2. The molecule has 0 spiro atoms. The summed E-state index contributed by atoms with van der Waals surface area (Å²) in [6.07, 6.45) is 1.20. The molecule has 4 heteroatoms. The van der Waals surface area contributed by atoms with E-state index in [1.54, 1.807) is 0 Å². The molecular formula is C6H9NO2S. The minimum atomic E-state index is -0.272. The van der Waals surface area contributed by atoms with E-state index >= 15 is 0 Å². The third-order valence-corrected chi connectivity index (χ3v) is 2.64. The van der Waals surface area contributed by atoms with Gasteiger partial charge in [-0.1, -0.05) is 0 Å². The van der Waals surface area contributed by atoms with Crippen LogP contribution >= 0.6 is 11.8 Å². The predicted octanol–water partition coefficient (Wildman–Crippen LogP) is -0.193. The van der Waals surface area contributed by atoms with Gasteiger partial charge in [0.2, 0.25) is 5.78 Å². The summed E-state index contributed by atoms with van der Waals surface area (Å²) in [6.45, 7) is 0.844. The van der Waals surface area contributed by atoms with E-state index in [4.69, 9.17) is 0 Å². The van der Waals surface area contributed by atoms with Crippen molar-refractivity contribution in [2.45, 2.75) is 11.7 Å². The van der Waals surface area contributed by atoms with Gasteiger partial charge in [0.25, 0.3) is 0 Å². The van der Waals surface area contributed by atoms with Crippen molar-refractivity contribution >= 4 is 23.8 Å². The highest BCUT2D eigenvalue weighted by atomic mass is 32.2. The number of nitrogens with one attached hydrogen (secondary N) is 1. The van der Waals surface area contributed by atoms with Gasteiger partial charge in [0.05, 0.1) is 5.25 Å². The molecule has 1 saturated heterocycles. The van der Waals surface area contributed by atoms with E-state index in [-0.39, 0.29) is 11.0 Å². The highest BCUT2D eigenvalue weighted by Crippen LogP contribution is 2.16. The van der Waals surface area contributed by atoms with Crippen LogP contribution in [0.25, 0.3) is 0 Å². The first-order chi connectivity index (χ1) is 4.84. The normalized spacial score (nSPS) is 25.8. The number of hydrogen-bond acceptors (Lipinski definition) is 4. The number of ketones is 1. The Morgan fingerprint density at radius 2 is 2.50 bits per heavy atom. The van der Waals surface area contributed by atoms with Crippen molar-refractivity contribution in [2.75, 3.05) is 12.4 Å². The zero-order valence-electron chi connectivity index (χ0n) is 5.50. The van der Waals surface area contributed by atoms with E-state index < -0.39 is 0 Å². The van der Waals surface area contributed by atoms with Gasteiger partial charge in [0.15, 0.2) is 6.29 Å². The number of rotatable bonds is 2. The number of thioether (sulfide) groups is 1. The topological polar surface area (TPSA) is 46.2 Å². The SMILES string of the molecule is O=CC(=O)C1CCNCS1. The predicted molar refractivity (Wildman–Crippen MR) is 39.9 cm³/mol. The van der Waals surface area contributed by atoms with Gasteiger partial charge in [-0.25, -0.2) is 0 Å². The van der Waals surface area contributed by atoms with Gasteiger partial charge < -0.3 is 5.32 Å². The second-order valence-electron chi connectivity index (χ2n) is 2.11. The molecule has 1 rings (SSSR count). The van der Waals surface area contributed by atoms with Crippen LogP contribution in [0.1, 0.15) is 6.42 Å². The molecule has 3 nitrogen and oxygen atoms in total. The van der Waals surface area contributed by atoms with Gasteiger partial charge in [0, 0.05) is 5.88 Å². The molecule has 10 heavy (non-hydrogen) atoms. The molecule has 0 aromatic rings. The molecular weight excluding hydrogens is 150 g/mol. The molecule has 0 bridgehead atoms. The standard InChI is InChI=1S/C6H9NO2S/c8-3-5(9)6-1-2-7-4-10-6/h3,6-7H,1-2,4H2. The smallest absolute Gasteiger partial charge is 0.208 e. The van der Waals surface area contributed by atoms with E-state index in [0.29, 0.717) is 6.29 Å². The lowest BCUT2D eigenvalue weighted by Gasteiger charge is -2.18. The van der Waals surface area contributed by atoms with Gasteiger partial charge in [-0.2, -0.15) is 0 Å². The van der Waals surface area contributed by atoms with E-state index in [9.17, 15) is 9.59 Å². The van der Waals surface area contributed by atoms with E-state index in [1.807, 2.05) is 0 Å². The van der Waals surface area contributed by atoms with Crippen LogP contribution in [0.15, 0.2) is 0 Å². The monoisotopic (exact) mass is 159 g/mol. The summed E-state index contributed by atoms with van der Waals surface area (Å²) in [6, 6.07) is 0. The summed E-state index contributed by atoms with van der Waals surface area (Å²) in [5.74, 6) is 0.510. The number of aldehydes is 1. The van der Waals surface area contributed by atoms with Crippen molar-refractivity contribution in [3.63, 3.8) is 0 Å². The third-order valence-electron chi connectivity index (χ3n) is 1.40. The van der Waals surface area contributed by atoms with Gasteiger partial charge in [-0.05, 0) is 13.0 Å². The third kappa shape index (κ3) is 1.82. The summed E-state index contributed by atoms with van der Waals surface area (Å²) >= 11 is 1.50. The van der Waals surface area contributed by atoms with Crippen LogP contribution in [0.4, 0.5) is 0 Å². The lowest BCUT2D eigenvalue weighted by atomic mass is 10.2. The zero-order chi connectivity index (χ0) is 7.40. The van der Waals surface area contributed by atoms with Gasteiger partial charge >= 0.3 is 0 Å². The summed E-state index contributed by atoms with van der Waals surface area (Å²) in [4.78, 5) is 20.8. The second kappa shape index (κ2) is 3.73. The molecule has 0 aliphatic carbocycles. The van der Waals surface area contributed by atoms with Crippen LogP contribution in [-0.2, 0) is 9.59 Å². The summed E-state index contributed by atoms with van der Waals surface area (Å²) in [5, 5.41) is 3.00. The average molecular weight is 159 g/mol. The van der Waals surface area contributed by atoms with E-state index in [1.165, 1.54) is 11.8 Å². The van der Waals surface area contributed by atoms with Crippen molar-refractivity contribution in [1.82, 2.24) is 5.32 Å². The van der Waals surface area contributed by atoms with E-state index in [0.717, 1.165) is 18.8 Å². The van der Waals surface area contributed by atoms with E-state index in [2.05, 4.69) is 5.32 Å². The maximum atomic E-state index is 10.8. The van der Waals surface area contributed by atoms with Crippen LogP contribution < -0.4 is 5.32 Å². The Morgan fingerprint density at radius 3 is 3.00 bits per heavy atom. The van der Waals surface area contributed by atoms with Crippen LogP contribution in [0.2, 0.25) is 0 Å². The Bertz CT molecular complexity index is 143. The van der Waals surface area contributed by atoms with Crippen LogP contribution in [0, 0.1) is 0 Å². The quantitative estimate of drug-likeness (QED) is 0.448. The largest absolute Gasteiger partial charge is 0.308 e. The first-order valence-corrected chi connectivity index (χ1v) is 4.21. The highest BCUT2D eigenvalue weighted by molar-refractivity contribution is 8.00. The van der Waals surface area contributed by atoms with Gasteiger partial charge in [-0.15, -0.1) is 11.8 Å². The lowest BCUT2D eigenvalue weighted by molar-refractivity contribution is -0.129. The molecule has 0 radical (unpaired) electrons.